The molecule has 0 aromatic heterocycles. The van der Waals surface area contributed by atoms with E-state index in [1.165, 1.54) is 44.5 Å². The molecular weight excluding hydrogens is 288 g/mol. The molecule has 2 aromatic rings. The van der Waals surface area contributed by atoms with Gasteiger partial charge in [-0.15, -0.1) is 5.92 Å². The van der Waals surface area contributed by atoms with Crippen molar-refractivity contribution in [3.63, 3.8) is 0 Å². The fourth-order valence-electron chi connectivity index (χ4n) is 3.04. The van der Waals surface area contributed by atoms with Gasteiger partial charge < -0.3 is 0 Å². The molecule has 0 bridgehead atoms. The monoisotopic (exact) mass is 314 g/mol. The van der Waals surface area contributed by atoms with Gasteiger partial charge in [-0.2, -0.15) is 0 Å². The molecule has 0 atom stereocenters. The van der Waals surface area contributed by atoms with Crippen LogP contribution < -0.4 is 0 Å². The lowest BCUT2D eigenvalue weighted by Gasteiger charge is -2.15. The molecular formula is C24H26. The van der Waals surface area contributed by atoms with Gasteiger partial charge in [0.2, 0.25) is 0 Å². The van der Waals surface area contributed by atoms with Crippen LogP contribution in [-0.4, -0.2) is 0 Å². The van der Waals surface area contributed by atoms with Gasteiger partial charge in [0, 0.05) is 16.7 Å². The second-order valence-electron chi connectivity index (χ2n) is 6.61. The summed E-state index contributed by atoms with van der Waals surface area (Å²) in [5.74, 6) is 13.0. The highest BCUT2D eigenvalue weighted by Gasteiger charge is 2.10. The zero-order valence-electron chi connectivity index (χ0n) is 16.2. The molecule has 0 N–H and O–H groups in total. The summed E-state index contributed by atoms with van der Waals surface area (Å²) in [5.41, 5.74) is 12.4. The maximum atomic E-state index is 3.44. The van der Waals surface area contributed by atoms with Crippen LogP contribution in [0.2, 0.25) is 0 Å². The Hall–Kier alpha value is -2.44. The lowest BCUT2D eigenvalue weighted by Crippen LogP contribution is -2.00. The highest BCUT2D eigenvalue weighted by Crippen LogP contribution is 2.25. The molecule has 0 saturated heterocycles. The lowest BCUT2D eigenvalue weighted by molar-refractivity contribution is 1.16. The molecule has 0 nitrogen and oxygen atoms in total. The highest BCUT2D eigenvalue weighted by atomic mass is 14.1. The van der Waals surface area contributed by atoms with Crippen LogP contribution in [0, 0.1) is 72.1 Å². The first-order valence-corrected chi connectivity index (χ1v) is 8.40. The van der Waals surface area contributed by atoms with E-state index in [1.54, 1.807) is 0 Å². The zero-order chi connectivity index (χ0) is 18.0. The van der Waals surface area contributed by atoms with E-state index in [1.807, 2.05) is 6.92 Å². The Bertz CT molecular complexity index is 903. The zero-order valence-corrected chi connectivity index (χ0v) is 16.2. The normalized spacial score (nSPS) is 9.83. The standard InChI is InChI=1S/C24H26/c1-9-10-22-13-16(3)23(14-15(22)2)11-12-24-20(7)18(5)17(4)19(6)21(24)8/h13-14H,1-8H3. The largest absolute Gasteiger partial charge is 0.101 e. The molecule has 0 radical (unpaired) electrons. The summed E-state index contributed by atoms with van der Waals surface area (Å²) in [7, 11) is 0. The highest BCUT2D eigenvalue weighted by molar-refractivity contribution is 5.59. The van der Waals surface area contributed by atoms with Gasteiger partial charge in [0.1, 0.15) is 0 Å². The minimum Gasteiger partial charge on any atom is -0.101 e. The molecule has 2 rings (SSSR count). The number of hydrogen-bond acceptors (Lipinski definition) is 0. The number of rotatable bonds is 0. The average molecular weight is 314 g/mol. The molecule has 0 aliphatic heterocycles. The molecule has 122 valence electrons. The lowest BCUT2D eigenvalue weighted by atomic mass is 9.89. The van der Waals surface area contributed by atoms with E-state index >= 15 is 0 Å². The van der Waals surface area contributed by atoms with Crippen LogP contribution >= 0.6 is 0 Å². The predicted molar refractivity (Wildman–Crippen MR) is 105 cm³/mol. The van der Waals surface area contributed by atoms with Crippen LogP contribution in [0.25, 0.3) is 0 Å². The van der Waals surface area contributed by atoms with Gasteiger partial charge in [0.15, 0.2) is 0 Å². The van der Waals surface area contributed by atoms with E-state index in [0.29, 0.717) is 0 Å². The minimum atomic E-state index is 1.09. The molecule has 0 heteroatoms. The third-order valence-corrected chi connectivity index (χ3v) is 5.15. The van der Waals surface area contributed by atoms with Gasteiger partial charge in [0.05, 0.1) is 0 Å². The van der Waals surface area contributed by atoms with E-state index in [0.717, 1.165) is 11.1 Å². The Kier molecular flexibility index (Phi) is 5.21. The van der Waals surface area contributed by atoms with Crippen LogP contribution in [0.15, 0.2) is 12.1 Å². The summed E-state index contributed by atoms with van der Waals surface area (Å²) in [6.07, 6.45) is 0. The van der Waals surface area contributed by atoms with Crippen molar-refractivity contribution < 1.29 is 0 Å². The van der Waals surface area contributed by atoms with Crippen LogP contribution in [0.5, 0.6) is 0 Å². The summed E-state index contributed by atoms with van der Waals surface area (Å²) in [6, 6.07) is 4.29. The van der Waals surface area contributed by atoms with Crippen molar-refractivity contribution in [1.29, 1.82) is 0 Å². The number of aryl methyl sites for hydroxylation is 2. The Morgan fingerprint density at radius 3 is 1.42 bits per heavy atom. The number of hydrogen-bond donors (Lipinski definition) is 0. The summed E-state index contributed by atoms with van der Waals surface area (Å²) >= 11 is 0. The van der Waals surface area contributed by atoms with E-state index in [4.69, 9.17) is 0 Å². The maximum absolute atomic E-state index is 3.44. The van der Waals surface area contributed by atoms with Crippen LogP contribution in [0.4, 0.5) is 0 Å². The summed E-state index contributed by atoms with van der Waals surface area (Å²) < 4.78 is 0. The van der Waals surface area contributed by atoms with Crippen LogP contribution in [0.1, 0.15) is 62.6 Å². The van der Waals surface area contributed by atoms with Crippen molar-refractivity contribution >= 4 is 0 Å². The molecule has 24 heavy (non-hydrogen) atoms. The third kappa shape index (κ3) is 3.25. The molecule has 0 aliphatic carbocycles. The van der Waals surface area contributed by atoms with Crippen molar-refractivity contribution in [2.24, 2.45) is 0 Å². The van der Waals surface area contributed by atoms with E-state index in [-0.39, 0.29) is 0 Å². The molecule has 0 fully saturated rings. The Morgan fingerprint density at radius 1 is 0.542 bits per heavy atom. The second kappa shape index (κ2) is 6.98. The van der Waals surface area contributed by atoms with Gasteiger partial charge in [-0.3, -0.25) is 0 Å². The summed E-state index contributed by atoms with van der Waals surface area (Å²) in [5, 5.41) is 0. The topological polar surface area (TPSA) is 0 Å². The van der Waals surface area contributed by atoms with Crippen molar-refractivity contribution in [2.45, 2.75) is 55.4 Å². The van der Waals surface area contributed by atoms with Crippen molar-refractivity contribution in [3.05, 3.63) is 67.8 Å². The predicted octanol–water partition coefficient (Wildman–Crippen LogP) is 5.62. The van der Waals surface area contributed by atoms with Gasteiger partial charge in [-0.25, -0.2) is 0 Å². The second-order valence-corrected chi connectivity index (χ2v) is 6.61. The average Bonchev–Trinajstić information content (AvgIpc) is 2.55. The quantitative estimate of drug-likeness (QED) is 0.554. The van der Waals surface area contributed by atoms with E-state index in [2.05, 4.69) is 84.3 Å². The minimum absolute atomic E-state index is 1.09. The third-order valence-electron chi connectivity index (χ3n) is 5.15. The van der Waals surface area contributed by atoms with Gasteiger partial charge in [-0.1, -0.05) is 17.8 Å². The van der Waals surface area contributed by atoms with Crippen molar-refractivity contribution in [2.75, 3.05) is 0 Å². The number of benzene rings is 2. The molecule has 0 spiro atoms. The molecule has 0 amide bonds. The van der Waals surface area contributed by atoms with Crippen LogP contribution in [-0.2, 0) is 0 Å². The van der Waals surface area contributed by atoms with E-state index in [9.17, 15) is 0 Å². The van der Waals surface area contributed by atoms with Crippen molar-refractivity contribution in [3.8, 4) is 23.7 Å². The Balaban J connectivity index is 2.60. The maximum Gasteiger partial charge on any atom is 0.0312 e. The first kappa shape index (κ1) is 17.9. The van der Waals surface area contributed by atoms with Gasteiger partial charge in [0.25, 0.3) is 0 Å². The molecule has 0 unspecified atom stereocenters. The molecule has 2 aromatic carbocycles. The van der Waals surface area contributed by atoms with Crippen molar-refractivity contribution in [1.82, 2.24) is 0 Å². The van der Waals surface area contributed by atoms with Gasteiger partial charge >= 0.3 is 0 Å². The SMILES string of the molecule is CC#Cc1cc(C)c(C#Cc2c(C)c(C)c(C)c(C)c2C)cc1C. The fraction of sp³-hybridized carbons (Fsp3) is 0.333. The molecule has 0 heterocycles. The fourth-order valence-corrected chi connectivity index (χ4v) is 3.04. The Morgan fingerprint density at radius 2 is 0.958 bits per heavy atom. The first-order valence-electron chi connectivity index (χ1n) is 8.40. The summed E-state index contributed by atoms with van der Waals surface area (Å²) in [6.45, 7) is 17.0. The Labute approximate surface area is 147 Å². The molecule has 0 saturated carbocycles. The smallest absolute Gasteiger partial charge is 0.0312 e. The first-order chi connectivity index (χ1) is 11.3. The van der Waals surface area contributed by atoms with E-state index < -0.39 is 0 Å². The van der Waals surface area contributed by atoms with Crippen LogP contribution in [0.3, 0.4) is 0 Å². The summed E-state index contributed by atoms with van der Waals surface area (Å²) in [4.78, 5) is 0. The van der Waals surface area contributed by atoms with Gasteiger partial charge in [-0.05, 0) is 106 Å². The molecule has 0 aliphatic rings.